The Morgan fingerprint density at radius 1 is 1.44 bits per heavy atom. The van der Waals surface area contributed by atoms with Crippen molar-refractivity contribution in [3.63, 3.8) is 0 Å². The summed E-state index contributed by atoms with van der Waals surface area (Å²) in [5.41, 5.74) is 0.338. The van der Waals surface area contributed by atoms with Crippen LogP contribution in [0.2, 0.25) is 0 Å². The molecule has 0 aromatic heterocycles. The van der Waals surface area contributed by atoms with E-state index in [2.05, 4.69) is 22.9 Å². The van der Waals surface area contributed by atoms with Gasteiger partial charge in [0, 0.05) is 13.1 Å². The predicted octanol–water partition coefficient (Wildman–Crippen LogP) is 3.73. The topological polar surface area (TPSA) is 46.4 Å². The van der Waals surface area contributed by atoms with Crippen molar-refractivity contribution in [2.75, 3.05) is 18.0 Å². The Morgan fingerprint density at radius 2 is 2.06 bits per heavy atom. The van der Waals surface area contributed by atoms with Crippen molar-refractivity contribution in [2.24, 2.45) is 5.92 Å². The Labute approximate surface area is 113 Å². The van der Waals surface area contributed by atoms with Crippen LogP contribution in [-0.4, -0.2) is 18.0 Å². The van der Waals surface area contributed by atoms with Crippen LogP contribution in [0, 0.1) is 21.8 Å². The van der Waals surface area contributed by atoms with E-state index in [9.17, 15) is 14.5 Å². The van der Waals surface area contributed by atoms with E-state index in [-0.39, 0.29) is 10.2 Å². The van der Waals surface area contributed by atoms with E-state index in [0.717, 1.165) is 32.0 Å². The largest absolute Gasteiger partial charge is 0.366 e. The molecule has 2 rings (SSSR count). The summed E-state index contributed by atoms with van der Waals surface area (Å²) in [6, 6.07) is 2.49. The number of halogens is 2. The van der Waals surface area contributed by atoms with Crippen molar-refractivity contribution in [3.05, 3.63) is 32.5 Å². The Bertz CT molecular complexity index is 473. The van der Waals surface area contributed by atoms with Gasteiger partial charge in [-0.1, -0.05) is 6.92 Å². The lowest BCUT2D eigenvalue weighted by Crippen LogP contribution is -2.33. The van der Waals surface area contributed by atoms with Crippen LogP contribution in [0.25, 0.3) is 0 Å². The zero-order valence-electron chi connectivity index (χ0n) is 10.0. The SMILES string of the molecule is CC1CCN(c2cc(Br)c(F)cc2[N+](=O)[O-])CC1. The maximum atomic E-state index is 13.4. The molecule has 6 heteroatoms. The van der Waals surface area contributed by atoms with Gasteiger partial charge in [0.25, 0.3) is 5.69 Å². The molecule has 1 aromatic carbocycles. The van der Waals surface area contributed by atoms with Gasteiger partial charge in [0.05, 0.1) is 15.5 Å². The van der Waals surface area contributed by atoms with Gasteiger partial charge in [0.15, 0.2) is 0 Å². The van der Waals surface area contributed by atoms with Gasteiger partial charge in [0.1, 0.15) is 11.5 Å². The second kappa shape index (κ2) is 5.22. The standard InChI is InChI=1S/C12H14BrFN2O2/c1-8-2-4-15(5-3-8)11-6-9(13)10(14)7-12(11)16(17)18/h6-8H,2-5H2,1H3. The van der Waals surface area contributed by atoms with Crippen LogP contribution < -0.4 is 4.90 Å². The van der Waals surface area contributed by atoms with Gasteiger partial charge in [-0.3, -0.25) is 10.1 Å². The highest BCUT2D eigenvalue weighted by Crippen LogP contribution is 2.35. The van der Waals surface area contributed by atoms with Crippen LogP contribution in [0.4, 0.5) is 15.8 Å². The number of rotatable bonds is 2. The van der Waals surface area contributed by atoms with Crippen molar-refractivity contribution in [1.82, 2.24) is 0 Å². The summed E-state index contributed by atoms with van der Waals surface area (Å²) in [7, 11) is 0. The maximum absolute atomic E-state index is 13.4. The van der Waals surface area contributed by atoms with Crippen LogP contribution >= 0.6 is 15.9 Å². The van der Waals surface area contributed by atoms with Gasteiger partial charge >= 0.3 is 0 Å². The third-order valence-corrected chi connectivity index (χ3v) is 3.95. The minimum atomic E-state index is -0.601. The molecule has 1 aliphatic heterocycles. The van der Waals surface area contributed by atoms with Crippen LogP contribution in [0.5, 0.6) is 0 Å². The first-order chi connectivity index (χ1) is 8.49. The molecular weight excluding hydrogens is 303 g/mol. The van der Waals surface area contributed by atoms with Gasteiger partial charge in [-0.15, -0.1) is 0 Å². The molecule has 18 heavy (non-hydrogen) atoms. The Hall–Kier alpha value is -1.17. The quantitative estimate of drug-likeness (QED) is 0.617. The van der Waals surface area contributed by atoms with Gasteiger partial charge in [-0.25, -0.2) is 4.39 Å². The molecule has 98 valence electrons. The minimum absolute atomic E-state index is 0.162. The van der Waals surface area contributed by atoms with Crippen molar-refractivity contribution in [1.29, 1.82) is 0 Å². The molecule has 0 unspecified atom stereocenters. The van der Waals surface area contributed by atoms with Gasteiger partial charge in [-0.2, -0.15) is 0 Å². The summed E-state index contributed by atoms with van der Waals surface area (Å²) >= 11 is 3.08. The highest BCUT2D eigenvalue weighted by molar-refractivity contribution is 9.10. The summed E-state index contributed by atoms with van der Waals surface area (Å²) in [5.74, 6) is 0.0417. The number of anilines is 1. The first-order valence-electron chi connectivity index (χ1n) is 5.87. The van der Waals surface area contributed by atoms with Crippen molar-refractivity contribution < 1.29 is 9.31 Å². The first-order valence-corrected chi connectivity index (χ1v) is 6.66. The molecule has 1 heterocycles. The molecule has 0 spiro atoms. The average Bonchev–Trinajstić information content (AvgIpc) is 2.33. The number of benzene rings is 1. The number of nitrogens with zero attached hydrogens (tertiary/aromatic N) is 2. The Kier molecular flexibility index (Phi) is 3.85. The molecular formula is C12H14BrFN2O2. The fourth-order valence-corrected chi connectivity index (χ4v) is 2.51. The molecule has 0 amide bonds. The predicted molar refractivity (Wildman–Crippen MR) is 71.4 cm³/mol. The van der Waals surface area contributed by atoms with E-state index in [1.807, 2.05) is 4.90 Å². The summed E-state index contributed by atoms with van der Waals surface area (Å²) in [5, 5.41) is 11.0. The second-order valence-corrected chi connectivity index (χ2v) is 5.54. The fourth-order valence-electron chi connectivity index (χ4n) is 2.17. The van der Waals surface area contributed by atoms with Crippen LogP contribution in [0.1, 0.15) is 19.8 Å². The molecule has 1 saturated heterocycles. The number of piperidine rings is 1. The molecule has 1 aliphatic rings. The van der Waals surface area contributed by atoms with Gasteiger partial charge in [-0.05, 0) is 40.8 Å². The zero-order valence-corrected chi connectivity index (χ0v) is 11.6. The van der Waals surface area contributed by atoms with E-state index in [4.69, 9.17) is 0 Å². The average molecular weight is 317 g/mol. The number of nitro benzene ring substituents is 1. The highest BCUT2D eigenvalue weighted by atomic mass is 79.9. The molecule has 1 fully saturated rings. The summed E-state index contributed by atoms with van der Waals surface area (Å²) < 4.78 is 13.6. The summed E-state index contributed by atoms with van der Waals surface area (Å²) in [6.07, 6.45) is 2.01. The lowest BCUT2D eigenvalue weighted by Gasteiger charge is -2.31. The zero-order chi connectivity index (χ0) is 13.3. The molecule has 0 radical (unpaired) electrons. The first kappa shape index (κ1) is 13.3. The number of hydrogen-bond acceptors (Lipinski definition) is 3. The van der Waals surface area contributed by atoms with Gasteiger partial charge < -0.3 is 4.90 Å². The van der Waals surface area contributed by atoms with Crippen LogP contribution in [0.15, 0.2) is 16.6 Å². The van der Waals surface area contributed by atoms with Crippen LogP contribution in [-0.2, 0) is 0 Å². The maximum Gasteiger partial charge on any atom is 0.295 e. The molecule has 4 nitrogen and oxygen atoms in total. The lowest BCUT2D eigenvalue weighted by atomic mass is 9.98. The van der Waals surface area contributed by atoms with E-state index >= 15 is 0 Å². The monoisotopic (exact) mass is 316 g/mol. The molecule has 0 bridgehead atoms. The molecule has 0 saturated carbocycles. The molecule has 1 aromatic rings. The molecule has 0 atom stereocenters. The summed E-state index contributed by atoms with van der Waals surface area (Å²) in [4.78, 5) is 12.4. The summed E-state index contributed by atoms with van der Waals surface area (Å²) in [6.45, 7) is 3.73. The van der Waals surface area contributed by atoms with E-state index < -0.39 is 10.7 Å². The van der Waals surface area contributed by atoms with E-state index in [1.165, 1.54) is 6.07 Å². The van der Waals surface area contributed by atoms with Crippen LogP contribution in [0.3, 0.4) is 0 Å². The number of hydrogen-bond donors (Lipinski definition) is 0. The van der Waals surface area contributed by atoms with E-state index in [1.54, 1.807) is 0 Å². The normalized spacial score (nSPS) is 16.9. The fraction of sp³-hybridized carbons (Fsp3) is 0.500. The van der Waals surface area contributed by atoms with Crippen molar-refractivity contribution in [2.45, 2.75) is 19.8 Å². The van der Waals surface area contributed by atoms with Crippen molar-refractivity contribution >= 4 is 27.3 Å². The van der Waals surface area contributed by atoms with Crippen molar-refractivity contribution in [3.8, 4) is 0 Å². The molecule has 0 aliphatic carbocycles. The third-order valence-electron chi connectivity index (χ3n) is 3.34. The third kappa shape index (κ3) is 2.63. The second-order valence-electron chi connectivity index (χ2n) is 4.68. The Balaban J connectivity index is 2.36. The lowest BCUT2D eigenvalue weighted by molar-refractivity contribution is -0.384. The smallest absolute Gasteiger partial charge is 0.295 e. The van der Waals surface area contributed by atoms with E-state index in [0.29, 0.717) is 11.6 Å². The Morgan fingerprint density at radius 3 is 2.61 bits per heavy atom. The molecule has 0 N–H and O–H groups in total. The number of nitro groups is 1. The minimum Gasteiger partial charge on any atom is -0.366 e. The highest BCUT2D eigenvalue weighted by Gasteiger charge is 2.25. The van der Waals surface area contributed by atoms with Gasteiger partial charge in [0.2, 0.25) is 0 Å².